The van der Waals surface area contributed by atoms with Gasteiger partial charge in [-0.05, 0) is 25.7 Å². The zero-order valence-corrected chi connectivity index (χ0v) is 10.7. The molecular weight excluding hydrogens is 222 g/mol. The fourth-order valence-corrected chi connectivity index (χ4v) is 4.04. The second-order valence-corrected chi connectivity index (χ2v) is 6.80. The van der Waals surface area contributed by atoms with Crippen molar-refractivity contribution in [1.82, 2.24) is 5.32 Å². The molecule has 4 heteroatoms. The Balaban J connectivity index is 1.80. The number of hydrogen-bond donors (Lipinski definition) is 2. The van der Waals surface area contributed by atoms with Crippen molar-refractivity contribution < 1.29 is 9.32 Å². The molecule has 2 atom stereocenters. The molecule has 2 rings (SSSR count). The fourth-order valence-electron chi connectivity index (χ4n) is 2.75. The highest BCUT2D eigenvalue weighted by Gasteiger charge is 2.26. The summed E-state index contributed by atoms with van der Waals surface area (Å²) in [6.07, 6.45) is 7.53. The lowest BCUT2D eigenvalue weighted by molar-refractivity contribution is 0.112. The SMILES string of the molecule is O=S1CCC(NC2CCCCCC2O)CC1. The van der Waals surface area contributed by atoms with Gasteiger partial charge in [0.2, 0.25) is 0 Å². The van der Waals surface area contributed by atoms with Crippen molar-refractivity contribution in [3.05, 3.63) is 0 Å². The lowest BCUT2D eigenvalue weighted by Gasteiger charge is -2.30. The monoisotopic (exact) mass is 245 g/mol. The van der Waals surface area contributed by atoms with Gasteiger partial charge in [0.25, 0.3) is 0 Å². The van der Waals surface area contributed by atoms with Crippen LogP contribution >= 0.6 is 0 Å². The van der Waals surface area contributed by atoms with Crippen LogP contribution in [0.5, 0.6) is 0 Å². The first-order valence-electron chi connectivity index (χ1n) is 6.55. The van der Waals surface area contributed by atoms with E-state index in [1.165, 1.54) is 12.8 Å². The normalized spacial score (nSPS) is 41.6. The van der Waals surface area contributed by atoms with Crippen molar-refractivity contribution in [2.75, 3.05) is 11.5 Å². The van der Waals surface area contributed by atoms with Crippen molar-refractivity contribution in [3.8, 4) is 0 Å². The van der Waals surface area contributed by atoms with Crippen LogP contribution in [0.4, 0.5) is 0 Å². The molecule has 2 aliphatic rings. The van der Waals surface area contributed by atoms with Gasteiger partial charge in [0.1, 0.15) is 0 Å². The average molecular weight is 245 g/mol. The second kappa shape index (κ2) is 6.12. The summed E-state index contributed by atoms with van der Waals surface area (Å²) in [7, 11) is -0.582. The van der Waals surface area contributed by atoms with E-state index in [2.05, 4.69) is 5.32 Å². The van der Waals surface area contributed by atoms with E-state index < -0.39 is 10.8 Å². The van der Waals surface area contributed by atoms with E-state index >= 15 is 0 Å². The van der Waals surface area contributed by atoms with E-state index in [9.17, 15) is 9.32 Å². The van der Waals surface area contributed by atoms with E-state index in [4.69, 9.17) is 0 Å². The predicted molar refractivity (Wildman–Crippen MR) is 66.9 cm³/mol. The highest BCUT2D eigenvalue weighted by atomic mass is 32.2. The van der Waals surface area contributed by atoms with Gasteiger partial charge in [0.15, 0.2) is 0 Å². The molecule has 1 heterocycles. The molecule has 94 valence electrons. The summed E-state index contributed by atoms with van der Waals surface area (Å²) in [4.78, 5) is 0. The van der Waals surface area contributed by atoms with Crippen LogP contribution in [-0.4, -0.2) is 39.0 Å². The summed E-state index contributed by atoms with van der Waals surface area (Å²) in [6.45, 7) is 0. The maximum Gasteiger partial charge on any atom is 0.0693 e. The molecule has 0 spiro atoms. The number of rotatable bonds is 2. The van der Waals surface area contributed by atoms with E-state index in [1.807, 2.05) is 0 Å². The van der Waals surface area contributed by atoms with Gasteiger partial charge in [-0.3, -0.25) is 4.21 Å². The molecule has 0 amide bonds. The van der Waals surface area contributed by atoms with Crippen molar-refractivity contribution >= 4 is 10.8 Å². The molecule has 2 N–H and O–H groups in total. The lowest BCUT2D eigenvalue weighted by atomic mass is 10.0. The first kappa shape index (κ1) is 12.5. The molecule has 0 radical (unpaired) electrons. The second-order valence-electron chi connectivity index (χ2n) is 5.10. The molecule has 0 aromatic rings. The van der Waals surface area contributed by atoms with Crippen LogP contribution in [0.2, 0.25) is 0 Å². The maximum atomic E-state index is 11.3. The highest BCUT2D eigenvalue weighted by molar-refractivity contribution is 7.85. The summed E-state index contributed by atoms with van der Waals surface area (Å²) < 4.78 is 11.3. The van der Waals surface area contributed by atoms with Crippen molar-refractivity contribution in [2.45, 2.75) is 63.1 Å². The Morgan fingerprint density at radius 1 is 1.00 bits per heavy atom. The van der Waals surface area contributed by atoms with Crippen LogP contribution in [0.3, 0.4) is 0 Å². The molecule has 2 unspecified atom stereocenters. The molecule has 1 aliphatic heterocycles. The van der Waals surface area contributed by atoms with E-state index in [0.717, 1.165) is 43.6 Å². The zero-order chi connectivity index (χ0) is 11.4. The number of aliphatic hydroxyl groups is 1. The van der Waals surface area contributed by atoms with Gasteiger partial charge < -0.3 is 10.4 Å². The third-order valence-electron chi connectivity index (χ3n) is 3.82. The fraction of sp³-hybridized carbons (Fsp3) is 1.00. The Morgan fingerprint density at radius 3 is 2.44 bits per heavy atom. The Morgan fingerprint density at radius 2 is 1.69 bits per heavy atom. The first-order chi connectivity index (χ1) is 7.75. The summed E-state index contributed by atoms with van der Waals surface area (Å²) in [5.41, 5.74) is 0. The number of hydrogen-bond acceptors (Lipinski definition) is 3. The molecule has 16 heavy (non-hydrogen) atoms. The Bertz CT molecular complexity index is 237. The molecular formula is C12H23NO2S. The van der Waals surface area contributed by atoms with E-state index in [0.29, 0.717) is 6.04 Å². The van der Waals surface area contributed by atoms with E-state index in [-0.39, 0.29) is 12.1 Å². The van der Waals surface area contributed by atoms with Crippen molar-refractivity contribution in [2.24, 2.45) is 0 Å². The van der Waals surface area contributed by atoms with Gasteiger partial charge in [0, 0.05) is 34.4 Å². The van der Waals surface area contributed by atoms with Crippen LogP contribution < -0.4 is 5.32 Å². The summed E-state index contributed by atoms with van der Waals surface area (Å²) in [5, 5.41) is 13.6. The van der Waals surface area contributed by atoms with Crippen molar-refractivity contribution in [1.29, 1.82) is 0 Å². The average Bonchev–Trinajstić information content (AvgIpc) is 2.48. The van der Waals surface area contributed by atoms with Crippen LogP contribution in [0.25, 0.3) is 0 Å². The van der Waals surface area contributed by atoms with Crippen LogP contribution in [0.15, 0.2) is 0 Å². The van der Waals surface area contributed by atoms with Crippen molar-refractivity contribution in [3.63, 3.8) is 0 Å². The molecule has 1 saturated carbocycles. The van der Waals surface area contributed by atoms with Gasteiger partial charge in [-0.1, -0.05) is 19.3 Å². The Kier molecular flexibility index (Phi) is 4.79. The Hall–Kier alpha value is 0.0700. The minimum absolute atomic E-state index is 0.171. The third kappa shape index (κ3) is 3.54. The largest absolute Gasteiger partial charge is 0.392 e. The van der Waals surface area contributed by atoms with Gasteiger partial charge in [-0.15, -0.1) is 0 Å². The quantitative estimate of drug-likeness (QED) is 0.718. The molecule has 0 bridgehead atoms. The van der Waals surface area contributed by atoms with Gasteiger partial charge in [-0.25, -0.2) is 0 Å². The van der Waals surface area contributed by atoms with Gasteiger partial charge >= 0.3 is 0 Å². The smallest absolute Gasteiger partial charge is 0.0693 e. The van der Waals surface area contributed by atoms with Gasteiger partial charge in [-0.2, -0.15) is 0 Å². The topological polar surface area (TPSA) is 49.3 Å². The first-order valence-corrected chi connectivity index (χ1v) is 8.03. The van der Waals surface area contributed by atoms with Crippen LogP contribution in [0.1, 0.15) is 44.9 Å². The highest BCUT2D eigenvalue weighted by Crippen LogP contribution is 2.20. The molecule has 1 aliphatic carbocycles. The molecule has 2 fully saturated rings. The number of aliphatic hydroxyl groups excluding tert-OH is 1. The summed E-state index contributed by atoms with van der Waals surface area (Å²) in [6, 6.07) is 0.759. The van der Waals surface area contributed by atoms with E-state index in [1.54, 1.807) is 0 Å². The summed E-state index contributed by atoms with van der Waals surface area (Å²) in [5.74, 6) is 1.67. The summed E-state index contributed by atoms with van der Waals surface area (Å²) >= 11 is 0. The standard InChI is InChI=1S/C12H23NO2S/c14-12-5-3-1-2-4-11(12)13-10-6-8-16(15)9-7-10/h10-14H,1-9H2. The zero-order valence-electron chi connectivity index (χ0n) is 9.86. The number of nitrogens with one attached hydrogen (secondary N) is 1. The minimum atomic E-state index is -0.582. The Labute approximate surface area is 100 Å². The molecule has 0 aromatic heterocycles. The molecule has 1 saturated heterocycles. The third-order valence-corrected chi connectivity index (χ3v) is 5.20. The predicted octanol–water partition coefficient (Wildman–Crippen LogP) is 1.18. The maximum absolute atomic E-state index is 11.3. The lowest BCUT2D eigenvalue weighted by Crippen LogP contribution is -2.47. The van der Waals surface area contributed by atoms with Crippen LogP contribution in [-0.2, 0) is 10.8 Å². The molecule has 3 nitrogen and oxygen atoms in total. The molecule has 0 aromatic carbocycles. The minimum Gasteiger partial charge on any atom is -0.392 e. The van der Waals surface area contributed by atoms with Crippen LogP contribution in [0, 0.1) is 0 Å². The van der Waals surface area contributed by atoms with Gasteiger partial charge in [0.05, 0.1) is 6.10 Å².